The van der Waals surface area contributed by atoms with Crippen molar-refractivity contribution < 1.29 is 4.74 Å². The molecule has 126 valence electrons. The van der Waals surface area contributed by atoms with E-state index in [-0.39, 0.29) is 6.04 Å². The number of nitrogens with zero attached hydrogens (tertiary/aromatic N) is 1. The number of rotatable bonds is 1. The van der Waals surface area contributed by atoms with Crippen LogP contribution in [-0.2, 0) is 24.3 Å². The highest BCUT2D eigenvalue weighted by Crippen LogP contribution is 2.33. The normalized spacial score (nSPS) is 18.8. The molecule has 0 fully saturated rings. The summed E-state index contributed by atoms with van der Waals surface area (Å²) < 4.78 is 7.82. The molecule has 2 aliphatic rings. The fourth-order valence-corrected chi connectivity index (χ4v) is 4.09. The second-order valence-electron chi connectivity index (χ2n) is 6.72. The van der Waals surface area contributed by atoms with Gasteiger partial charge in [-0.15, -0.1) is 0 Å². The molecule has 0 radical (unpaired) electrons. The van der Waals surface area contributed by atoms with Crippen LogP contribution in [0.5, 0.6) is 0 Å². The minimum atomic E-state index is 0.161. The molecule has 2 aromatic carbocycles. The zero-order chi connectivity index (χ0) is 16.8. The van der Waals surface area contributed by atoms with Crippen molar-refractivity contribution in [2.45, 2.75) is 25.6 Å². The van der Waals surface area contributed by atoms with Gasteiger partial charge in [-0.3, -0.25) is 0 Å². The van der Waals surface area contributed by atoms with E-state index in [1.54, 1.807) is 0 Å². The maximum absolute atomic E-state index is 6.25. The predicted octanol–water partition coefficient (Wildman–Crippen LogP) is 4.40. The molecule has 2 aliphatic heterocycles. The molecule has 0 aliphatic carbocycles. The minimum Gasteiger partial charge on any atom is -0.376 e. The Hall–Kier alpha value is -2.07. The van der Waals surface area contributed by atoms with Crippen molar-refractivity contribution in [2.75, 3.05) is 6.61 Å². The Labute approximate surface area is 152 Å². The van der Waals surface area contributed by atoms with Crippen LogP contribution < -0.4 is 5.32 Å². The largest absolute Gasteiger partial charge is 0.376 e. The van der Waals surface area contributed by atoms with E-state index in [4.69, 9.17) is 16.3 Å². The van der Waals surface area contributed by atoms with E-state index >= 15 is 0 Å². The highest BCUT2D eigenvalue weighted by molar-refractivity contribution is 6.30. The lowest BCUT2D eigenvalue weighted by Crippen LogP contribution is -2.22. The lowest BCUT2D eigenvalue weighted by Gasteiger charge is -2.22. The van der Waals surface area contributed by atoms with E-state index in [2.05, 4.69) is 58.5 Å². The number of ether oxygens (including phenoxy) is 1. The summed E-state index contributed by atoms with van der Waals surface area (Å²) >= 11 is 6.25. The number of benzene rings is 2. The molecule has 0 saturated heterocycles. The predicted molar refractivity (Wildman–Crippen MR) is 99.3 cm³/mol. The third-order valence-electron chi connectivity index (χ3n) is 5.22. The molecule has 0 spiro atoms. The summed E-state index contributed by atoms with van der Waals surface area (Å²) in [6.45, 7) is 2.36. The summed E-state index contributed by atoms with van der Waals surface area (Å²) in [4.78, 5) is 0. The molecule has 0 bridgehead atoms. The Morgan fingerprint density at radius 1 is 1.04 bits per heavy atom. The Balaban J connectivity index is 1.61. The third kappa shape index (κ3) is 2.60. The van der Waals surface area contributed by atoms with Gasteiger partial charge in [0.05, 0.1) is 24.9 Å². The van der Waals surface area contributed by atoms with Crippen molar-refractivity contribution in [3.63, 3.8) is 0 Å². The van der Waals surface area contributed by atoms with Gasteiger partial charge in [-0.2, -0.15) is 0 Å². The summed E-state index contributed by atoms with van der Waals surface area (Å²) in [6.07, 6.45) is 3.11. The molecule has 25 heavy (non-hydrogen) atoms. The number of hydrogen-bond donors (Lipinski definition) is 1. The summed E-state index contributed by atoms with van der Waals surface area (Å²) in [6, 6.07) is 17.4. The first-order valence-electron chi connectivity index (χ1n) is 8.68. The highest BCUT2D eigenvalue weighted by atomic mass is 35.5. The molecule has 0 amide bonds. The van der Waals surface area contributed by atoms with Gasteiger partial charge < -0.3 is 14.6 Å². The van der Waals surface area contributed by atoms with Crippen LogP contribution in [-0.4, -0.2) is 11.2 Å². The van der Waals surface area contributed by atoms with Crippen LogP contribution in [0.2, 0.25) is 5.02 Å². The monoisotopic (exact) mass is 350 g/mol. The van der Waals surface area contributed by atoms with Crippen LogP contribution in [0, 0.1) is 0 Å². The second kappa shape index (κ2) is 6.03. The maximum atomic E-state index is 6.25. The van der Waals surface area contributed by atoms with Crippen molar-refractivity contribution in [2.24, 2.45) is 0 Å². The van der Waals surface area contributed by atoms with Crippen LogP contribution in [0.15, 0.2) is 54.7 Å². The zero-order valence-electron chi connectivity index (χ0n) is 13.8. The Kier molecular flexibility index (Phi) is 3.66. The molecule has 4 heteroatoms. The lowest BCUT2D eigenvalue weighted by atomic mass is 9.95. The molecular formula is C21H19ClN2O. The molecular weight excluding hydrogens is 332 g/mol. The standard InChI is InChI=1S/C21H19ClN2O/c22-18-6-5-16-12-23-21(19-2-1-8-24(19)20(16)11-18)15-3-4-17-13-25-9-7-14(17)10-15/h1-6,8,10-11,21,23H,7,9,12-13H2. The second-order valence-corrected chi connectivity index (χ2v) is 7.16. The first-order chi connectivity index (χ1) is 12.3. The first kappa shape index (κ1) is 15.2. The van der Waals surface area contributed by atoms with Crippen LogP contribution in [0.3, 0.4) is 0 Å². The fourth-order valence-electron chi connectivity index (χ4n) is 3.93. The van der Waals surface area contributed by atoms with Gasteiger partial charge >= 0.3 is 0 Å². The first-order valence-corrected chi connectivity index (χ1v) is 9.06. The minimum absolute atomic E-state index is 0.161. The number of aromatic nitrogens is 1. The third-order valence-corrected chi connectivity index (χ3v) is 5.45. The Bertz CT molecular complexity index is 947. The SMILES string of the molecule is Clc1ccc2c(c1)-n1cccc1C(c1ccc3c(c1)CCOC3)NC2. The molecule has 3 nitrogen and oxygen atoms in total. The average Bonchev–Trinajstić information content (AvgIpc) is 3.07. The quantitative estimate of drug-likeness (QED) is 0.704. The van der Waals surface area contributed by atoms with Crippen molar-refractivity contribution in [1.82, 2.24) is 9.88 Å². The van der Waals surface area contributed by atoms with Gasteiger partial charge in [-0.1, -0.05) is 35.9 Å². The van der Waals surface area contributed by atoms with Crippen LogP contribution in [0.1, 0.15) is 34.0 Å². The van der Waals surface area contributed by atoms with E-state index in [0.29, 0.717) is 0 Å². The number of nitrogens with one attached hydrogen (secondary N) is 1. The highest BCUT2D eigenvalue weighted by Gasteiger charge is 2.24. The molecule has 3 aromatic rings. The van der Waals surface area contributed by atoms with Gasteiger partial charge in [-0.25, -0.2) is 0 Å². The van der Waals surface area contributed by atoms with Crippen molar-refractivity contribution >= 4 is 11.6 Å². The summed E-state index contributed by atoms with van der Waals surface area (Å²) in [5.74, 6) is 0. The van der Waals surface area contributed by atoms with Crippen molar-refractivity contribution in [3.05, 3.63) is 87.7 Å². The molecule has 3 heterocycles. The summed E-state index contributed by atoms with van der Waals surface area (Å²) in [5.41, 5.74) is 7.69. The Morgan fingerprint density at radius 2 is 1.96 bits per heavy atom. The maximum Gasteiger partial charge on any atom is 0.0737 e. The smallest absolute Gasteiger partial charge is 0.0737 e. The average molecular weight is 351 g/mol. The Morgan fingerprint density at radius 3 is 2.92 bits per heavy atom. The number of halogens is 1. The van der Waals surface area contributed by atoms with Gasteiger partial charge in [-0.05, 0) is 52.9 Å². The summed E-state index contributed by atoms with van der Waals surface area (Å²) in [7, 11) is 0. The number of fused-ring (bicyclic) bond motifs is 4. The van der Waals surface area contributed by atoms with Gasteiger partial charge in [0.25, 0.3) is 0 Å². The molecule has 1 atom stereocenters. The molecule has 1 unspecified atom stereocenters. The number of hydrogen-bond acceptors (Lipinski definition) is 2. The molecule has 5 rings (SSSR count). The van der Waals surface area contributed by atoms with Crippen molar-refractivity contribution in [3.8, 4) is 5.69 Å². The van der Waals surface area contributed by atoms with E-state index in [9.17, 15) is 0 Å². The molecule has 1 N–H and O–H groups in total. The van der Waals surface area contributed by atoms with Gasteiger partial charge in [0, 0.05) is 23.5 Å². The lowest BCUT2D eigenvalue weighted by molar-refractivity contribution is 0.110. The van der Waals surface area contributed by atoms with Crippen LogP contribution in [0.4, 0.5) is 0 Å². The van der Waals surface area contributed by atoms with Gasteiger partial charge in [0.1, 0.15) is 0 Å². The van der Waals surface area contributed by atoms with Crippen LogP contribution >= 0.6 is 11.6 Å². The van der Waals surface area contributed by atoms with Gasteiger partial charge in [0.15, 0.2) is 0 Å². The van der Waals surface area contributed by atoms with E-state index in [1.165, 1.54) is 27.9 Å². The van der Waals surface area contributed by atoms with E-state index in [1.807, 2.05) is 6.07 Å². The molecule has 0 saturated carbocycles. The fraction of sp³-hybridized carbons (Fsp3) is 0.238. The van der Waals surface area contributed by atoms with Crippen LogP contribution in [0.25, 0.3) is 5.69 Å². The van der Waals surface area contributed by atoms with E-state index < -0.39 is 0 Å². The zero-order valence-corrected chi connectivity index (χ0v) is 14.6. The van der Waals surface area contributed by atoms with Gasteiger partial charge in [0.2, 0.25) is 0 Å². The molecule has 1 aromatic heterocycles. The topological polar surface area (TPSA) is 26.2 Å². The summed E-state index contributed by atoms with van der Waals surface area (Å²) in [5, 5.41) is 4.50. The van der Waals surface area contributed by atoms with Crippen molar-refractivity contribution in [1.29, 1.82) is 0 Å². The van der Waals surface area contributed by atoms with E-state index in [0.717, 1.165) is 36.9 Å².